The van der Waals surface area contributed by atoms with Crippen molar-refractivity contribution in [2.45, 2.75) is 64.4 Å². The Morgan fingerprint density at radius 2 is 1.97 bits per heavy atom. The van der Waals surface area contributed by atoms with Gasteiger partial charge in [0, 0.05) is 31.0 Å². The summed E-state index contributed by atoms with van der Waals surface area (Å²) in [5.41, 5.74) is 0.641. The summed E-state index contributed by atoms with van der Waals surface area (Å²) in [6.07, 6.45) is 9.61. The molecule has 2 saturated carbocycles. The minimum Gasteiger partial charge on any atom is -0.463 e. The highest BCUT2D eigenvalue weighted by molar-refractivity contribution is 5.81. The number of benzene rings is 1. The van der Waals surface area contributed by atoms with Crippen LogP contribution < -0.4 is 0 Å². The molecular weight excluding hydrogens is 374 g/mol. The maximum atomic E-state index is 13.3. The molecule has 4 heteroatoms. The molecule has 3 fully saturated rings. The molecule has 4 rings (SSSR count). The van der Waals surface area contributed by atoms with E-state index >= 15 is 0 Å². The number of likely N-dealkylation sites (tertiary alicyclic amines) is 1. The highest BCUT2D eigenvalue weighted by Gasteiger charge is 2.61. The highest BCUT2D eigenvalue weighted by Crippen LogP contribution is 2.58. The first-order chi connectivity index (χ1) is 14.4. The average Bonchev–Trinajstić information content (AvgIpc) is 3.32. The van der Waals surface area contributed by atoms with Crippen molar-refractivity contribution in [3.8, 4) is 0 Å². The predicted molar refractivity (Wildman–Crippen MR) is 119 cm³/mol. The summed E-state index contributed by atoms with van der Waals surface area (Å²) in [6, 6.07) is 9.45. The monoisotopic (exact) mass is 411 g/mol. The van der Waals surface area contributed by atoms with Gasteiger partial charge >= 0.3 is 5.97 Å². The first-order valence-corrected chi connectivity index (χ1v) is 11.7. The second-order valence-electron chi connectivity index (χ2n) is 10.1. The fourth-order valence-corrected chi connectivity index (χ4v) is 5.69. The second-order valence-corrected chi connectivity index (χ2v) is 10.1. The minimum atomic E-state index is -1.52. The molecular formula is C26H37NO3. The largest absolute Gasteiger partial charge is 0.463 e. The van der Waals surface area contributed by atoms with Crippen LogP contribution in [0.1, 0.15) is 64.4 Å². The van der Waals surface area contributed by atoms with Gasteiger partial charge in [-0.25, -0.2) is 4.79 Å². The first kappa shape index (κ1) is 21.6. The van der Waals surface area contributed by atoms with Crippen LogP contribution >= 0.6 is 0 Å². The van der Waals surface area contributed by atoms with Crippen molar-refractivity contribution >= 4 is 5.97 Å². The van der Waals surface area contributed by atoms with Crippen LogP contribution in [-0.4, -0.2) is 42.2 Å². The number of hydrogen-bond acceptors (Lipinski definition) is 4. The normalized spacial score (nSPS) is 28.4. The lowest BCUT2D eigenvalue weighted by atomic mass is 9.73. The van der Waals surface area contributed by atoms with E-state index in [1.165, 1.54) is 12.0 Å². The zero-order chi connectivity index (χ0) is 21.2. The van der Waals surface area contributed by atoms with Gasteiger partial charge in [-0.15, -0.1) is 0 Å². The molecule has 4 nitrogen and oxygen atoms in total. The molecule has 0 spiro atoms. The molecule has 1 saturated heterocycles. The van der Waals surface area contributed by atoms with Gasteiger partial charge in [-0.1, -0.05) is 61.2 Å². The molecule has 1 N–H and O–H groups in total. The van der Waals surface area contributed by atoms with E-state index < -0.39 is 11.6 Å². The van der Waals surface area contributed by atoms with Crippen LogP contribution in [0.2, 0.25) is 0 Å². The molecule has 30 heavy (non-hydrogen) atoms. The predicted octanol–water partition coefficient (Wildman–Crippen LogP) is 4.68. The van der Waals surface area contributed by atoms with Gasteiger partial charge in [-0.2, -0.15) is 0 Å². The van der Waals surface area contributed by atoms with Gasteiger partial charge in [0.05, 0.1) is 6.61 Å². The van der Waals surface area contributed by atoms with E-state index in [-0.39, 0.29) is 11.3 Å². The Morgan fingerprint density at radius 1 is 1.23 bits per heavy atom. The molecule has 1 aromatic rings. The standard InChI is InChI=1S/C26H37NO3/c1-20(2)10-9-15-27-17-23-16-25(23,18-27)19-30-24(28)26(29,21-11-5-3-6-12-21)22-13-7-4-8-14-22/h3,5-6,10-12,22-23,29H,4,7-9,13-19H2,1-2H3/t23-,25+,26?/m0/s1. The van der Waals surface area contributed by atoms with E-state index in [0.717, 1.165) is 58.2 Å². The second kappa shape index (κ2) is 8.84. The SMILES string of the molecule is CC(C)=CCCN1C[C@@H]2C[C@]2(COC(=O)C(O)(c2ccccc2)C2CCCCC2)C1. The van der Waals surface area contributed by atoms with Crippen molar-refractivity contribution < 1.29 is 14.6 Å². The molecule has 0 aromatic heterocycles. The van der Waals surface area contributed by atoms with Gasteiger partial charge in [-0.05, 0) is 51.0 Å². The average molecular weight is 412 g/mol. The molecule has 1 heterocycles. The van der Waals surface area contributed by atoms with Gasteiger partial charge in [0.1, 0.15) is 0 Å². The Hall–Kier alpha value is -1.65. The number of ether oxygens (including phenoxy) is 1. The lowest BCUT2D eigenvalue weighted by Crippen LogP contribution is -2.46. The number of piperidine rings is 1. The van der Waals surface area contributed by atoms with Crippen molar-refractivity contribution in [3.63, 3.8) is 0 Å². The molecule has 1 aliphatic heterocycles. The number of aliphatic hydroxyl groups is 1. The van der Waals surface area contributed by atoms with Gasteiger partial charge in [-0.3, -0.25) is 0 Å². The van der Waals surface area contributed by atoms with Crippen LogP contribution in [0.4, 0.5) is 0 Å². The summed E-state index contributed by atoms with van der Waals surface area (Å²) in [4.78, 5) is 15.8. The Bertz CT molecular complexity index is 766. The topological polar surface area (TPSA) is 49.8 Å². The van der Waals surface area contributed by atoms with Gasteiger partial charge < -0.3 is 14.7 Å². The molecule has 1 aromatic carbocycles. The lowest BCUT2D eigenvalue weighted by molar-refractivity contribution is -0.177. The molecule has 0 bridgehead atoms. The zero-order valence-electron chi connectivity index (χ0n) is 18.6. The highest BCUT2D eigenvalue weighted by atomic mass is 16.6. The minimum absolute atomic E-state index is 0.0576. The fraction of sp³-hybridized carbons (Fsp3) is 0.654. The van der Waals surface area contributed by atoms with E-state index in [2.05, 4.69) is 24.8 Å². The number of rotatable bonds is 8. The number of nitrogens with zero attached hydrogens (tertiary/aromatic N) is 1. The molecule has 1 unspecified atom stereocenters. The van der Waals surface area contributed by atoms with E-state index in [0.29, 0.717) is 18.1 Å². The first-order valence-electron chi connectivity index (χ1n) is 11.7. The van der Waals surface area contributed by atoms with E-state index in [1.54, 1.807) is 0 Å². The Balaban J connectivity index is 1.40. The number of esters is 1. The van der Waals surface area contributed by atoms with Crippen molar-refractivity contribution in [2.75, 3.05) is 26.2 Å². The van der Waals surface area contributed by atoms with Crippen molar-refractivity contribution in [3.05, 3.63) is 47.5 Å². The smallest absolute Gasteiger partial charge is 0.343 e. The summed E-state index contributed by atoms with van der Waals surface area (Å²) in [5.74, 6) is 0.137. The van der Waals surface area contributed by atoms with Crippen LogP contribution in [0, 0.1) is 17.3 Å². The Labute approximate surface area is 181 Å². The van der Waals surface area contributed by atoms with Crippen LogP contribution in [0.5, 0.6) is 0 Å². The summed E-state index contributed by atoms with van der Waals surface area (Å²) in [6.45, 7) is 7.92. The summed E-state index contributed by atoms with van der Waals surface area (Å²) in [5, 5.41) is 11.7. The summed E-state index contributed by atoms with van der Waals surface area (Å²) in [7, 11) is 0. The van der Waals surface area contributed by atoms with Crippen molar-refractivity contribution in [2.24, 2.45) is 17.3 Å². The number of carbonyl (C=O) groups excluding carboxylic acids is 1. The van der Waals surface area contributed by atoms with Crippen molar-refractivity contribution in [1.82, 2.24) is 4.90 Å². The van der Waals surface area contributed by atoms with Crippen LogP contribution in [-0.2, 0) is 15.1 Å². The summed E-state index contributed by atoms with van der Waals surface area (Å²) >= 11 is 0. The maximum absolute atomic E-state index is 13.3. The Kier molecular flexibility index (Phi) is 6.36. The third kappa shape index (κ3) is 4.36. The molecule has 2 aliphatic carbocycles. The Morgan fingerprint density at radius 3 is 2.67 bits per heavy atom. The third-order valence-corrected chi connectivity index (χ3v) is 7.59. The molecule has 0 amide bonds. The zero-order valence-corrected chi connectivity index (χ0v) is 18.6. The van der Waals surface area contributed by atoms with Gasteiger partial charge in [0.15, 0.2) is 5.60 Å². The van der Waals surface area contributed by atoms with E-state index in [1.807, 2.05) is 30.3 Å². The number of fused-ring (bicyclic) bond motifs is 1. The lowest BCUT2D eigenvalue weighted by Gasteiger charge is -2.37. The van der Waals surface area contributed by atoms with E-state index in [4.69, 9.17) is 4.74 Å². The number of allylic oxidation sites excluding steroid dienone is 1. The quantitative estimate of drug-likeness (QED) is 0.499. The van der Waals surface area contributed by atoms with E-state index in [9.17, 15) is 9.90 Å². The molecule has 0 radical (unpaired) electrons. The van der Waals surface area contributed by atoms with Gasteiger partial charge in [0.25, 0.3) is 0 Å². The number of carbonyl (C=O) groups is 1. The maximum Gasteiger partial charge on any atom is 0.343 e. The third-order valence-electron chi connectivity index (χ3n) is 7.59. The molecule has 3 aliphatic rings. The van der Waals surface area contributed by atoms with Crippen LogP contribution in [0.25, 0.3) is 0 Å². The molecule has 3 atom stereocenters. The number of hydrogen-bond donors (Lipinski definition) is 1. The summed E-state index contributed by atoms with van der Waals surface area (Å²) < 4.78 is 5.91. The van der Waals surface area contributed by atoms with Crippen LogP contribution in [0.15, 0.2) is 42.0 Å². The van der Waals surface area contributed by atoms with Crippen LogP contribution in [0.3, 0.4) is 0 Å². The molecule has 164 valence electrons. The fourth-order valence-electron chi connectivity index (χ4n) is 5.69. The van der Waals surface area contributed by atoms with Gasteiger partial charge in [0.2, 0.25) is 0 Å². The van der Waals surface area contributed by atoms with Crippen molar-refractivity contribution in [1.29, 1.82) is 0 Å².